The van der Waals surface area contributed by atoms with Crippen molar-refractivity contribution >= 4 is 5.82 Å². The molecule has 2 heterocycles. The molecule has 0 atom stereocenters. The van der Waals surface area contributed by atoms with Crippen molar-refractivity contribution in [3.8, 4) is 11.5 Å². The van der Waals surface area contributed by atoms with Crippen molar-refractivity contribution in [2.45, 2.75) is 24.8 Å². The van der Waals surface area contributed by atoms with Gasteiger partial charge < -0.3 is 15.2 Å². The summed E-state index contributed by atoms with van der Waals surface area (Å²) < 4.78 is 5.32. The summed E-state index contributed by atoms with van der Waals surface area (Å²) in [5.74, 6) is 1.96. The van der Waals surface area contributed by atoms with Crippen LogP contribution in [-0.4, -0.2) is 29.2 Å². The second kappa shape index (κ2) is 4.31. The number of pyridine rings is 1. The molecule has 3 rings (SSSR count). The Balaban J connectivity index is 1.92. The summed E-state index contributed by atoms with van der Waals surface area (Å²) in [4.78, 5) is 10.6. The maximum absolute atomic E-state index is 6.19. The first-order valence-corrected chi connectivity index (χ1v) is 6.35. The molecule has 0 bridgehead atoms. The third kappa shape index (κ3) is 2.08. The number of hydrogen-bond acceptors (Lipinski definition) is 6. The second-order valence-electron chi connectivity index (χ2n) is 5.23. The average Bonchev–Trinajstić information content (AvgIpc) is 2.86. The molecule has 0 radical (unpaired) electrons. The molecule has 1 aliphatic carbocycles. The number of hydrogen-bond donors (Lipinski definition) is 1. The van der Waals surface area contributed by atoms with Gasteiger partial charge in [-0.2, -0.15) is 4.98 Å². The van der Waals surface area contributed by atoms with Crippen molar-refractivity contribution in [2.24, 2.45) is 5.73 Å². The monoisotopic (exact) mass is 259 g/mol. The van der Waals surface area contributed by atoms with E-state index in [1.54, 1.807) is 6.20 Å². The van der Waals surface area contributed by atoms with Crippen LogP contribution in [0.25, 0.3) is 11.5 Å². The number of nitrogens with two attached hydrogens (primary N) is 1. The molecule has 6 nitrogen and oxygen atoms in total. The topological polar surface area (TPSA) is 81.1 Å². The van der Waals surface area contributed by atoms with E-state index in [1.807, 2.05) is 31.1 Å². The molecular formula is C13H17N5O. The molecule has 2 aromatic rings. The number of aromatic nitrogens is 3. The fraction of sp³-hybridized carbons (Fsp3) is 0.462. The van der Waals surface area contributed by atoms with E-state index in [0.29, 0.717) is 11.7 Å². The van der Waals surface area contributed by atoms with Crippen molar-refractivity contribution in [2.75, 3.05) is 19.0 Å². The Bertz CT molecular complexity index is 588. The lowest BCUT2D eigenvalue weighted by Gasteiger charge is -2.34. The number of anilines is 1. The van der Waals surface area contributed by atoms with E-state index in [0.717, 1.165) is 30.6 Å². The molecule has 0 aliphatic heterocycles. The second-order valence-corrected chi connectivity index (χ2v) is 5.23. The van der Waals surface area contributed by atoms with Gasteiger partial charge in [-0.15, -0.1) is 0 Å². The van der Waals surface area contributed by atoms with Crippen LogP contribution in [0.2, 0.25) is 0 Å². The summed E-state index contributed by atoms with van der Waals surface area (Å²) >= 11 is 0. The van der Waals surface area contributed by atoms with E-state index >= 15 is 0 Å². The Labute approximate surface area is 111 Å². The van der Waals surface area contributed by atoms with Crippen molar-refractivity contribution < 1.29 is 4.52 Å². The van der Waals surface area contributed by atoms with Crippen LogP contribution in [0.4, 0.5) is 5.82 Å². The van der Waals surface area contributed by atoms with Gasteiger partial charge in [-0.3, -0.25) is 0 Å². The van der Waals surface area contributed by atoms with Gasteiger partial charge in [-0.1, -0.05) is 5.16 Å². The minimum absolute atomic E-state index is 0.390. The van der Waals surface area contributed by atoms with Gasteiger partial charge >= 0.3 is 0 Å². The summed E-state index contributed by atoms with van der Waals surface area (Å²) in [6.07, 6.45) is 4.70. The van der Waals surface area contributed by atoms with Gasteiger partial charge in [0.25, 0.3) is 5.89 Å². The van der Waals surface area contributed by atoms with E-state index in [9.17, 15) is 0 Å². The zero-order chi connectivity index (χ0) is 13.5. The zero-order valence-corrected chi connectivity index (χ0v) is 11.1. The van der Waals surface area contributed by atoms with Crippen LogP contribution in [0, 0.1) is 0 Å². The quantitative estimate of drug-likeness (QED) is 0.900. The van der Waals surface area contributed by atoms with Crippen LogP contribution in [0.1, 0.15) is 25.1 Å². The molecule has 1 fully saturated rings. The fourth-order valence-corrected chi connectivity index (χ4v) is 2.12. The molecular weight excluding hydrogens is 242 g/mol. The van der Waals surface area contributed by atoms with E-state index in [2.05, 4.69) is 15.1 Å². The summed E-state index contributed by atoms with van der Waals surface area (Å²) in [5, 5.41) is 4.02. The lowest BCUT2D eigenvalue weighted by atomic mass is 9.77. The summed E-state index contributed by atoms with van der Waals surface area (Å²) in [6, 6.07) is 3.77. The molecule has 0 spiro atoms. The molecule has 100 valence electrons. The molecule has 1 saturated carbocycles. The first-order valence-electron chi connectivity index (χ1n) is 6.35. The molecule has 0 amide bonds. The average molecular weight is 259 g/mol. The smallest absolute Gasteiger partial charge is 0.258 e. The molecule has 19 heavy (non-hydrogen) atoms. The van der Waals surface area contributed by atoms with Gasteiger partial charge in [0, 0.05) is 25.9 Å². The van der Waals surface area contributed by atoms with Gasteiger partial charge in [0.15, 0.2) is 5.82 Å². The normalized spacial score (nSPS) is 17.0. The summed E-state index contributed by atoms with van der Waals surface area (Å²) in [6.45, 7) is 0. The SMILES string of the molecule is CN(C)c1cc(-c2nc(C3(N)CCC3)no2)ccn1. The third-order valence-electron chi connectivity index (χ3n) is 3.57. The zero-order valence-electron chi connectivity index (χ0n) is 11.1. The van der Waals surface area contributed by atoms with E-state index < -0.39 is 0 Å². The molecule has 2 N–H and O–H groups in total. The highest BCUT2D eigenvalue weighted by Gasteiger charge is 2.39. The van der Waals surface area contributed by atoms with Crippen LogP contribution in [-0.2, 0) is 5.54 Å². The maximum Gasteiger partial charge on any atom is 0.258 e. The Kier molecular flexibility index (Phi) is 2.74. The standard InChI is InChI=1S/C13H17N5O/c1-18(2)10-8-9(4-7-15-10)11-16-12(17-19-11)13(14)5-3-6-13/h4,7-8H,3,5-6,14H2,1-2H3. The highest BCUT2D eigenvalue weighted by Crippen LogP contribution is 2.37. The van der Waals surface area contributed by atoms with E-state index in [-0.39, 0.29) is 5.54 Å². The predicted molar refractivity (Wildman–Crippen MR) is 71.6 cm³/mol. The summed E-state index contributed by atoms with van der Waals surface area (Å²) in [7, 11) is 3.88. The predicted octanol–water partition coefficient (Wildman–Crippen LogP) is 1.54. The van der Waals surface area contributed by atoms with Gasteiger partial charge in [0.05, 0.1) is 5.54 Å². The molecule has 0 saturated heterocycles. The maximum atomic E-state index is 6.19. The molecule has 0 aromatic carbocycles. The minimum atomic E-state index is -0.390. The molecule has 1 aliphatic rings. The molecule has 6 heteroatoms. The van der Waals surface area contributed by atoms with E-state index in [4.69, 9.17) is 10.3 Å². The first-order chi connectivity index (χ1) is 9.08. The first kappa shape index (κ1) is 12.1. The highest BCUT2D eigenvalue weighted by atomic mass is 16.5. The Morgan fingerprint density at radius 1 is 1.37 bits per heavy atom. The van der Waals surface area contributed by atoms with Crippen LogP contribution >= 0.6 is 0 Å². The molecule has 2 aromatic heterocycles. The summed E-state index contributed by atoms with van der Waals surface area (Å²) in [5.41, 5.74) is 6.66. The minimum Gasteiger partial charge on any atom is -0.363 e. The van der Waals surface area contributed by atoms with Crippen LogP contribution in [0.5, 0.6) is 0 Å². The lowest BCUT2D eigenvalue weighted by molar-refractivity contribution is 0.229. The van der Waals surface area contributed by atoms with Gasteiger partial charge in [-0.05, 0) is 31.4 Å². The largest absolute Gasteiger partial charge is 0.363 e. The fourth-order valence-electron chi connectivity index (χ4n) is 2.12. The van der Waals surface area contributed by atoms with Gasteiger partial charge in [0.2, 0.25) is 0 Å². The Hall–Kier alpha value is -1.95. The van der Waals surface area contributed by atoms with Crippen molar-refractivity contribution in [1.82, 2.24) is 15.1 Å². The van der Waals surface area contributed by atoms with Gasteiger partial charge in [-0.25, -0.2) is 4.98 Å². The van der Waals surface area contributed by atoms with Crippen molar-refractivity contribution in [3.05, 3.63) is 24.2 Å². The van der Waals surface area contributed by atoms with Crippen molar-refractivity contribution in [3.63, 3.8) is 0 Å². The highest BCUT2D eigenvalue weighted by molar-refractivity contribution is 5.58. The number of nitrogens with zero attached hydrogens (tertiary/aromatic N) is 4. The number of rotatable bonds is 3. The van der Waals surface area contributed by atoms with Crippen LogP contribution in [0.3, 0.4) is 0 Å². The Morgan fingerprint density at radius 3 is 2.79 bits per heavy atom. The lowest BCUT2D eigenvalue weighted by Crippen LogP contribution is -2.44. The Morgan fingerprint density at radius 2 is 2.16 bits per heavy atom. The third-order valence-corrected chi connectivity index (χ3v) is 3.57. The van der Waals surface area contributed by atoms with Gasteiger partial charge in [0.1, 0.15) is 5.82 Å². The molecule has 0 unspecified atom stereocenters. The van der Waals surface area contributed by atoms with Crippen molar-refractivity contribution in [1.29, 1.82) is 0 Å². The van der Waals surface area contributed by atoms with E-state index in [1.165, 1.54) is 0 Å². The van der Waals surface area contributed by atoms with Crippen LogP contribution in [0.15, 0.2) is 22.9 Å². The van der Waals surface area contributed by atoms with Crippen LogP contribution < -0.4 is 10.6 Å².